The highest BCUT2D eigenvalue weighted by molar-refractivity contribution is 8.03. The van der Waals surface area contributed by atoms with Gasteiger partial charge in [-0.15, -0.1) is 35.3 Å². The van der Waals surface area contributed by atoms with Gasteiger partial charge in [-0.1, -0.05) is 58.8 Å². The van der Waals surface area contributed by atoms with Crippen LogP contribution < -0.4 is 0 Å². The summed E-state index contributed by atoms with van der Waals surface area (Å²) in [5.74, 6) is 0. The summed E-state index contributed by atoms with van der Waals surface area (Å²) in [6.07, 6.45) is 6.16. The van der Waals surface area contributed by atoms with Crippen LogP contribution in [0.15, 0.2) is 202 Å². The zero-order valence-corrected chi connectivity index (χ0v) is 35.0. The molecule has 12 heteroatoms. The van der Waals surface area contributed by atoms with Crippen LogP contribution in [0.25, 0.3) is 0 Å². The second kappa shape index (κ2) is 18.4. The van der Waals surface area contributed by atoms with Gasteiger partial charge >= 0.3 is 0 Å². The summed E-state index contributed by atoms with van der Waals surface area (Å²) in [5, 5.41) is 0. The molecule has 0 aliphatic carbocycles. The van der Waals surface area contributed by atoms with Crippen molar-refractivity contribution in [3.63, 3.8) is 0 Å². The maximum atomic E-state index is 12.8. The summed E-state index contributed by atoms with van der Waals surface area (Å²) in [7, 11) is -4.51. The van der Waals surface area contributed by atoms with Crippen LogP contribution in [0.1, 0.15) is 0 Å². The zero-order valence-electron chi connectivity index (χ0n) is 27.6. The molecule has 51 heavy (non-hydrogen) atoms. The Morgan fingerprint density at radius 2 is 0.588 bits per heavy atom. The predicted molar refractivity (Wildman–Crippen MR) is 224 cm³/mol. The summed E-state index contributed by atoms with van der Waals surface area (Å²) in [5.41, 5.74) is 0. The standard InChI is InChI=1S/C39H32O3S9/c1-43-26-4-10-29(11-5-26)46-31-16-20-33(21-17-31)48-36-24-38(50-35-14-8-28(45-3)9-15-35)39(51(40,41)42)25-37(36)49-34-22-18-32(19-23-34)47-30-12-6-27(44-2)7-13-30/h4-25H,1-3H3,(H,40,41,42). The Labute approximate surface area is 334 Å². The Kier molecular flexibility index (Phi) is 14.0. The topological polar surface area (TPSA) is 54.4 Å². The van der Waals surface area contributed by atoms with Crippen LogP contribution in [-0.4, -0.2) is 31.7 Å². The number of rotatable bonds is 14. The molecular formula is C39H32O3S9. The molecule has 0 radical (unpaired) electrons. The molecule has 0 heterocycles. The monoisotopic (exact) mass is 836 g/mol. The van der Waals surface area contributed by atoms with E-state index in [1.54, 1.807) is 76.6 Å². The number of thioether (sulfide) groups is 3. The third-order valence-corrected chi connectivity index (χ3v) is 15.9. The van der Waals surface area contributed by atoms with E-state index in [0.717, 1.165) is 39.2 Å². The molecule has 0 bridgehead atoms. The van der Waals surface area contributed by atoms with Crippen molar-refractivity contribution >= 4 is 104 Å². The van der Waals surface area contributed by atoms with Gasteiger partial charge in [0.25, 0.3) is 10.1 Å². The number of benzene rings is 6. The average molecular weight is 837 g/mol. The summed E-state index contributed by atoms with van der Waals surface area (Å²) >= 11 is 12.9. The molecule has 0 saturated carbocycles. The van der Waals surface area contributed by atoms with Crippen LogP contribution in [-0.2, 0) is 10.1 Å². The Hall–Kier alpha value is -1.97. The van der Waals surface area contributed by atoms with Crippen LogP contribution in [0.4, 0.5) is 0 Å². The lowest BCUT2D eigenvalue weighted by molar-refractivity contribution is 0.480. The summed E-state index contributed by atoms with van der Waals surface area (Å²) in [6, 6.07) is 45.2. The summed E-state index contributed by atoms with van der Waals surface area (Å²) < 4.78 is 36.1. The van der Waals surface area contributed by atoms with Crippen molar-refractivity contribution in [3.8, 4) is 0 Å². The minimum absolute atomic E-state index is 0.103. The first-order valence-electron chi connectivity index (χ1n) is 15.4. The number of hydrogen-bond acceptors (Lipinski definition) is 10. The van der Waals surface area contributed by atoms with Crippen molar-refractivity contribution in [1.29, 1.82) is 0 Å². The van der Waals surface area contributed by atoms with Gasteiger partial charge in [0.2, 0.25) is 0 Å². The van der Waals surface area contributed by atoms with Crippen LogP contribution in [0.5, 0.6) is 0 Å². The highest BCUT2D eigenvalue weighted by atomic mass is 32.2. The van der Waals surface area contributed by atoms with Gasteiger partial charge in [-0.2, -0.15) is 8.42 Å². The van der Waals surface area contributed by atoms with Crippen molar-refractivity contribution in [2.24, 2.45) is 0 Å². The fraction of sp³-hybridized carbons (Fsp3) is 0.0769. The molecule has 6 aromatic rings. The third kappa shape index (κ3) is 11.0. The van der Waals surface area contributed by atoms with Crippen molar-refractivity contribution < 1.29 is 13.0 Å². The molecule has 0 saturated heterocycles. The van der Waals surface area contributed by atoms with Crippen LogP contribution in [0.3, 0.4) is 0 Å². The largest absolute Gasteiger partial charge is 0.295 e. The normalized spacial score (nSPS) is 11.5. The van der Waals surface area contributed by atoms with Crippen LogP contribution in [0.2, 0.25) is 0 Å². The first kappa shape index (κ1) is 38.7. The predicted octanol–water partition coefficient (Wildman–Crippen LogP) is 13.9. The minimum atomic E-state index is -4.51. The molecule has 0 spiro atoms. The highest BCUT2D eigenvalue weighted by Gasteiger charge is 2.22. The van der Waals surface area contributed by atoms with Crippen molar-refractivity contribution in [2.45, 2.75) is 68.5 Å². The minimum Gasteiger partial charge on any atom is -0.282 e. The van der Waals surface area contributed by atoms with Gasteiger partial charge in [-0.05, 0) is 152 Å². The lowest BCUT2D eigenvalue weighted by atomic mass is 10.3. The molecule has 0 aromatic heterocycles. The van der Waals surface area contributed by atoms with E-state index in [9.17, 15) is 13.0 Å². The first-order chi connectivity index (χ1) is 24.7. The van der Waals surface area contributed by atoms with Crippen molar-refractivity contribution in [3.05, 3.63) is 133 Å². The van der Waals surface area contributed by atoms with E-state index in [0.29, 0.717) is 4.90 Å². The molecule has 0 fully saturated rings. The van der Waals surface area contributed by atoms with Gasteiger partial charge in [0, 0.05) is 63.6 Å². The lowest BCUT2D eigenvalue weighted by Gasteiger charge is -2.15. The summed E-state index contributed by atoms with van der Waals surface area (Å²) in [6.45, 7) is 0. The molecule has 6 rings (SSSR count). The molecule has 1 N–H and O–H groups in total. The second-order valence-electron chi connectivity index (χ2n) is 10.7. The van der Waals surface area contributed by atoms with Crippen molar-refractivity contribution in [2.75, 3.05) is 18.8 Å². The van der Waals surface area contributed by atoms with E-state index in [1.165, 1.54) is 43.1 Å². The first-order valence-corrected chi connectivity index (χ1v) is 24.6. The maximum absolute atomic E-state index is 12.8. The van der Waals surface area contributed by atoms with Gasteiger partial charge in [0.05, 0.1) is 0 Å². The maximum Gasteiger partial charge on any atom is 0.295 e. The smallest absolute Gasteiger partial charge is 0.282 e. The molecule has 0 atom stereocenters. The van der Waals surface area contributed by atoms with Gasteiger partial charge in [0.15, 0.2) is 0 Å². The third-order valence-electron chi connectivity index (χ3n) is 7.27. The average Bonchev–Trinajstić information content (AvgIpc) is 3.14. The Morgan fingerprint density at radius 3 is 0.863 bits per heavy atom. The molecule has 6 aromatic carbocycles. The Balaban J connectivity index is 1.30. The molecule has 0 aliphatic rings. The van der Waals surface area contributed by atoms with E-state index < -0.39 is 10.1 Å². The Morgan fingerprint density at radius 1 is 0.353 bits per heavy atom. The van der Waals surface area contributed by atoms with E-state index in [2.05, 4.69) is 110 Å². The fourth-order valence-electron chi connectivity index (χ4n) is 4.70. The van der Waals surface area contributed by atoms with Crippen molar-refractivity contribution in [1.82, 2.24) is 0 Å². The van der Waals surface area contributed by atoms with Gasteiger partial charge < -0.3 is 0 Å². The molecule has 3 nitrogen and oxygen atoms in total. The van der Waals surface area contributed by atoms with E-state index >= 15 is 0 Å². The second-order valence-corrected chi connectivity index (χ2v) is 20.4. The lowest BCUT2D eigenvalue weighted by Crippen LogP contribution is -2.01. The van der Waals surface area contributed by atoms with E-state index in [4.69, 9.17) is 0 Å². The molecule has 0 aliphatic heterocycles. The van der Waals surface area contributed by atoms with Gasteiger partial charge in [-0.3, -0.25) is 4.55 Å². The van der Waals surface area contributed by atoms with Gasteiger partial charge in [-0.25, -0.2) is 0 Å². The SMILES string of the molecule is CSc1ccc(Sc2ccc(Sc3cc(Sc4ccc(SC)cc4)c(S(=O)(=O)O)cc3Sc3ccc(Sc4ccc(SC)cc4)cc3)cc2)cc1. The quantitative estimate of drug-likeness (QED) is 0.0843. The summed E-state index contributed by atoms with van der Waals surface area (Å²) in [4.78, 5) is 13.1. The van der Waals surface area contributed by atoms with Gasteiger partial charge in [0.1, 0.15) is 4.90 Å². The van der Waals surface area contributed by atoms with E-state index in [-0.39, 0.29) is 4.90 Å². The molecule has 0 unspecified atom stereocenters. The van der Waals surface area contributed by atoms with Crippen LogP contribution in [0, 0.1) is 0 Å². The molecule has 0 amide bonds. The fourth-order valence-corrected chi connectivity index (χ4v) is 11.6. The molecular weight excluding hydrogens is 805 g/mol. The Bertz CT molecular complexity index is 2170. The zero-order chi connectivity index (χ0) is 35.8. The highest BCUT2D eigenvalue weighted by Crippen LogP contribution is 2.45. The van der Waals surface area contributed by atoms with Crippen LogP contribution >= 0.6 is 94.1 Å². The van der Waals surface area contributed by atoms with E-state index in [1.807, 2.05) is 36.6 Å². The number of hydrogen-bond donors (Lipinski definition) is 1. The molecule has 260 valence electrons.